The molecule has 4 heterocycles. The number of imidazole rings is 1. The van der Waals surface area contributed by atoms with Crippen LogP contribution < -0.4 is 10.6 Å². The highest BCUT2D eigenvalue weighted by Crippen LogP contribution is 2.44. The highest BCUT2D eigenvalue weighted by Gasteiger charge is 2.42. The summed E-state index contributed by atoms with van der Waals surface area (Å²) in [5.41, 5.74) is 6.66. The molecule has 2 aliphatic rings. The Balaban J connectivity index is 1.48. The fourth-order valence-corrected chi connectivity index (χ4v) is 5.26. The first kappa shape index (κ1) is 22.3. The number of pyridine rings is 1. The Kier molecular flexibility index (Phi) is 5.02. The lowest BCUT2D eigenvalue weighted by Crippen LogP contribution is -2.59. The van der Waals surface area contributed by atoms with Crippen LogP contribution in [0.25, 0.3) is 39.6 Å². The molecule has 0 radical (unpaired) electrons. The van der Waals surface area contributed by atoms with E-state index in [-0.39, 0.29) is 0 Å². The summed E-state index contributed by atoms with van der Waals surface area (Å²) in [6, 6.07) is 30.2. The van der Waals surface area contributed by atoms with Gasteiger partial charge in [-0.2, -0.15) is 0 Å². The first-order chi connectivity index (χ1) is 18.6. The average molecular weight is 502 g/mol. The van der Waals surface area contributed by atoms with Crippen LogP contribution in [0.5, 0.6) is 0 Å². The van der Waals surface area contributed by atoms with Crippen LogP contribution in [0.3, 0.4) is 0 Å². The average Bonchev–Trinajstić information content (AvgIpc) is 3.26. The van der Waals surface area contributed by atoms with Gasteiger partial charge in [-0.15, -0.1) is 0 Å². The van der Waals surface area contributed by atoms with Gasteiger partial charge in [0.2, 0.25) is 0 Å². The van der Waals surface area contributed by atoms with Crippen molar-refractivity contribution in [2.45, 2.75) is 5.54 Å². The van der Waals surface area contributed by atoms with Crippen LogP contribution in [0.2, 0.25) is 0 Å². The number of benzene rings is 3. The zero-order chi connectivity index (χ0) is 25.7. The van der Waals surface area contributed by atoms with E-state index in [1.807, 2.05) is 72.8 Å². The summed E-state index contributed by atoms with van der Waals surface area (Å²) in [7, 11) is 0. The van der Waals surface area contributed by atoms with E-state index in [9.17, 15) is 9.90 Å². The summed E-state index contributed by atoms with van der Waals surface area (Å²) in [6.45, 7) is 0.606. The molecule has 0 aliphatic carbocycles. The molecule has 8 nitrogen and oxygen atoms in total. The number of anilines is 2. The first-order valence-corrected chi connectivity index (χ1v) is 12.3. The van der Waals surface area contributed by atoms with E-state index < -0.39 is 11.6 Å². The molecule has 3 N–H and O–H groups in total. The van der Waals surface area contributed by atoms with E-state index in [2.05, 4.69) is 38.4 Å². The van der Waals surface area contributed by atoms with Gasteiger partial charge in [-0.05, 0) is 29.8 Å². The molecule has 1 amide bonds. The number of rotatable bonds is 4. The summed E-state index contributed by atoms with van der Waals surface area (Å²) >= 11 is 0. The largest absolute Gasteiger partial charge is 0.465 e. The molecule has 38 heavy (non-hydrogen) atoms. The number of hydrogen-bond acceptors (Lipinski definition) is 5. The molecular weight excluding hydrogens is 478 g/mol. The third-order valence-corrected chi connectivity index (χ3v) is 7.13. The summed E-state index contributed by atoms with van der Waals surface area (Å²) in [5.74, 6) is 1.55. The molecule has 186 valence electrons. The Morgan fingerprint density at radius 1 is 0.921 bits per heavy atom. The summed E-state index contributed by atoms with van der Waals surface area (Å²) in [4.78, 5) is 21.3. The van der Waals surface area contributed by atoms with Crippen molar-refractivity contribution in [1.29, 1.82) is 0 Å². The zero-order valence-corrected chi connectivity index (χ0v) is 20.3. The molecule has 5 aromatic rings. The Labute approximate surface area is 218 Å². The number of ether oxygens (including phenoxy) is 1. The molecule has 3 aromatic carbocycles. The second-order valence-corrected chi connectivity index (χ2v) is 9.46. The molecule has 8 heteroatoms. The third-order valence-electron chi connectivity index (χ3n) is 7.13. The van der Waals surface area contributed by atoms with Gasteiger partial charge >= 0.3 is 6.09 Å². The van der Waals surface area contributed by atoms with E-state index in [1.54, 1.807) is 6.20 Å². The van der Waals surface area contributed by atoms with Gasteiger partial charge in [-0.3, -0.25) is 4.57 Å². The van der Waals surface area contributed by atoms with Crippen LogP contribution in [0.1, 0.15) is 5.56 Å². The van der Waals surface area contributed by atoms with Crippen molar-refractivity contribution in [3.63, 3.8) is 0 Å². The highest BCUT2D eigenvalue weighted by molar-refractivity contribution is 5.90. The Hall–Kier alpha value is -4.95. The smallest absolute Gasteiger partial charge is 0.405 e. The second kappa shape index (κ2) is 8.57. The summed E-state index contributed by atoms with van der Waals surface area (Å²) in [5, 5.41) is 15.5. The van der Waals surface area contributed by atoms with Gasteiger partial charge in [0.05, 0.1) is 36.0 Å². The molecule has 1 saturated heterocycles. The highest BCUT2D eigenvalue weighted by atomic mass is 16.5. The SMILES string of the molecule is O=C(O)NC1(c2ccc(-c3c(-c4ccccc4)nc4n3-c3cccnc3Nc3ccccc3-4)cc2)COC1. The fourth-order valence-electron chi connectivity index (χ4n) is 5.26. The quantitative estimate of drug-likeness (QED) is 0.281. The van der Waals surface area contributed by atoms with Crippen LogP contribution in [-0.2, 0) is 10.3 Å². The number of carbonyl (C=O) groups is 1. The molecule has 0 bridgehead atoms. The number of aromatic nitrogens is 3. The van der Waals surface area contributed by atoms with E-state index >= 15 is 0 Å². The van der Waals surface area contributed by atoms with Crippen molar-refractivity contribution in [2.24, 2.45) is 0 Å². The molecule has 7 rings (SSSR count). The number of para-hydroxylation sites is 1. The topological polar surface area (TPSA) is 101 Å². The minimum atomic E-state index is -1.07. The van der Waals surface area contributed by atoms with Gasteiger partial charge in [0.1, 0.15) is 11.4 Å². The van der Waals surface area contributed by atoms with Crippen LogP contribution >= 0.6 is 0 Å². The zero-order valence-electron chi connectivity index (χ0n) is 20.3. The Bertz CT molecular complexity index is 1670. The normalized spacial score (nSPS) is 14.6. The molecule has 2 aromatic heterocycles. The molecule has 0 spiro atoms. The Morgan fingerprint density at radius 2 is 1.68 bits per heavy atom. The van der Waals surface area contributed by atoms with E-state index in [0.717, 1.165) is 56.7 Å². The van der Waals surface area contributed by atoms with E-state index in [0.29, 0.717) is 13.2 Å². The predicted octanol–water partition coefficient (Wildman–Crippen LogP) is 5.82. The summed E-state index contributed by atoms with van der Waals surface area (Å²) < 4.78 is 7.54. The monoisotopic (exact) mass is 501 g/mol. The molecule has 1 fully saturated rings. The van der Waals surface area contributed by atoms with Crippen molar-refractivity contribution in [1.82, 2.24) is 19.9 Å². The minimum Gasteiger partial charge on any atom is -0.465 e. The van der Waals surface area contributed by atoms with Crippen molar-refractivity contribution in [3.8, 4) is 39.6 Å². The van der Waals surface area contributed by atoms with E-state index in [4.69, 9.17) is 9.72 Å². The number of carboxylic acid groups (broad SMARTS) is 1. The third kappa shape index (κ3) is 3.46. The molecule has 0 unspecified atom stereocenters. The van der Waals surface area contributed by atoms with Crippen LogP contribution in [-0.4, -0.2) is 38.9 Å². The maximum Gasteiger partial charge on any atom is 0.405 e. The van der Waals surface area contributed by atoms with Gasteiger partial charge in [0, 0.05) is 22.9 Å². The van der Waals surface area contributed by atoms with Crippen molar-refractivity contribution in [2.75, 3.05) is 18.5 Å². The molecular formula is C30H23N5O3. The van der Waals surface area contributed by atoms with Crippen LogP contribution in [0, 0.1) is 0 Å². The second-order valence-electron chi connectivity index (χ2n) is 9.46. The van der Waals surface area contributed by atoms with E-state index in [1.165, 1.54) is 0 Å². The van der Waals surface area contributed by atoms with Crippen LogP contribution in [0.15, 0.2) is 97.2 Å². The number of fused-ring (bicyclic) bond motifs is 5. The standard InChI is InChI=1S/C30H23N5O3/c36-29(37)34-30(17-38-18-30)21-14-12-20(13-15-21)26-25(19-7-2-1-3-8-19)33-28-22-9-4-5-10-23(22)32-27-24(35(26)28)11-6-16-31-27/h1-16,34H,17-18H2,(H,31,32)(H,36,37). The van der Waals surface area contributed by atoms with Crippen LogP contribution in [0.4, 0.5) is 16.3 Å². The maximum absolute atomic E-state index is 11.5. The predicted molar refractivity (Wildman–Crippen MR) is 145 cm³/mol. The lowest BCUT2D eigenvalue weighted by Gasteiger charge is -2.41. The van der Waals surface area contributed by atoms with Gasteiger partial charge in [-0.1, -0.05) is 66.7 Å². The van der Waals surface area contributed by atoms with Gasteiger partial charge in [0.15, 0.2) is 5.82 Å². The van der Waals surface area contributed by atoms with Gasteiger partial charge in [-0.25, -0.2) is 14.8 Å². The molecule has 2 aliphatic heterocycles. The number of nitrogens with zero attached hydrogens (tertiary/aromatic N) is 3. The van der Waals surface area contributed by atoms with Gasteiger partial charge in [0.25, 0.3) is 0 Å². The van der Waals surface area contributed by atoms with Gasteiger partial charge < -0.3 is 20.5 Å². The lowest BCUT2D eigenvalue weighted by molar-refractivity contribution is -0.0743. The number of hydrogen-bond donors (Lipinski definition) is 3. The van der Waals surface area contributed by atoms with Crippen molar-refractivity contribution in [3.05, 3.63) is 103 Å². The lowest BCUT2D eigenvalue weighted by atomic mass is 9.87. The molecule has 0 saturated carbocycles. The maximum atomic E-state index is 11.5. The Morgan fingerprint density at radius 3 is 2.42 bits per heavy atom. The number of amides is 1. The molecule has 0 atom stereocenters. The minimum absolute atomic E-state index is 0.303. The number of nitrogens with one attached hydrogen (secondary N) is 2. The summed E-state index contributed by atoms with van der Waals surface area (Å²) in [6.07, 6.45) is 0.707. The van der Waals surface area contributed by atoms with Crippen molar-refractivity contribution < 1.29 is 14.6 Å². The first-order valence-electron chi connectivity index (χ1n) is 12.3. The van der Waals surface area contributed by atoms with Crippen molar-refractivity contribution >= 4 is 17.6 Å². The fraction of sp³-hybridized carbons (Fsp3) is 0.100.